The molecule has 0 saturated carbocycles. The Kier molecular flexibility index (Phi) is 16.3. The zero-order chi connectivity index (χ0) is 26.7. The number of hydrogen-bond acceptors (Lipinski definition) is 6. The van der Waals surface area contributed by atoms with Crippen LogP contribution in [-0.4, -0.2) is 56.7 Å². The summed E-state index contributed by atoms with van der Waals surface area (Å²) in [5.41, 5.74) is -1.87. The molecule has 6 nitrogen and oxygen atoms in total. The Morgan fingerprint density at radius 2 is 1.25 bits per heavy atom. The lowest BCUT2D eigenvalue weighted by atomic mass is 9.78. The maximum atomic E-state index is 11.7. The van der Waals surface area contributed by atoms with Gasteiger partial charge in [-0.2, -0.15) is 0 Å². The standard InChI is InChI=1S/C30H48O6/c1-4-7-10-13-16-19-22-29(35-24-21-18-15-12-9-6-3)28(33)27(32)26(25-31)36-30(29,34)23-20-17-14-11-8-5-2/h13-24,26-28,31-34H,4-12,25H2,1-3H3/t26-,27-,28+,29-,30?/m1/s1. The Morgan fingerprint density at radius 3 is 1.75 bits per heavy atom. The lowest BCUT2D eigenvalue weighted by Crippen LogP contribution is -2.72. The van der Waals surface area contributed by atoms with Crippen molar-refractivity contribution in [3.8, 4) is 0 Å². The monoisotopic (exact) mass is 504 g/mol. The van der Waals surface area contributed by atoms with Crippen LogP contribution < -0.4 is 0 Å². The molecule has 6 heteroatoms. The first-order valence-electron chi connectivity index (χ1n) is 13.5. The first-order valence-corrected chi connectivity index (χ1v) is 13.5. The van der Waals surface area contributed by atoms with Gasteiger partial charge in [0.1, 0.15) is 18.3 Å². The topological polar surface area (TPSA) is 99.4 Å². The first kappa shape index (κ1) is 32.1. The molecule has 1 saturated heterocycles. The summed E-state index contributed by atoms with van der Waals surface area (Å²) in [6.07, 6.45) is 25.6. The number of aliphatic hydroxyl groups is 4. The molecule has 1 rings (SSSR count). The first-order chi connectivity index (χ1) is 17.4. The van der Waals surface area contributed by atoms with E-state index >= 15 is 0 Å². The van der Waals surface area contributed by atoms with Crippen molar-refractivity contribution in [2.45, 2.75) is 108 Å². The molecule has 0 spiro atoms. The Balaban J connectivity index is 3.37. The van der Waals surface area contributed by atoms with Crippen LogP contribution in [0.5, 0.6) is 0 Å². The third kappa shape index (κ3) is 9.83. The molecule has 5 atom stereocenters. The highest BCUT2D eigenvalue weighted by Crippen LogP contribution is 2.42. The quantitative estimate of drug-likeness (QED) is 0.120. The number of hydrogen-bond donors (Lipinski definition) is 4. The predicted octanol–water partition coefficient (Wildman–Crippen LogP) is 5.41. The van der Waals surface area contributed by atoms with Crippen LogP contribution in [0.15, 0.2) is 73.1 Å². The van der Waals surface area contributed by atoms with E-state index in [1.54, 1.807) is 24.3 Å². The second-order valence-electron chi connectivity index (χ2n) is 9.14. The largest absolute Gasteiger partial charge is 0.482 e. The summed E-state index contributed by atoms with van der Waals surface area (Å²) in [4.78, 5) is 0. The molecule has 0 bridgehead atoms. The van der Waals surface area contributed by atoms with Gasteiger partial charge < -0.3 is 29.9 Å². The summed E-state index contributed by atoms with van der Waals surface area (Å²) in [5.74, 6) is -2.17. The van der Waals surface area contributed by atoms with E-state index in [-0.39, 0.29) is 0 Å². The van der Waals surface area contributed by atoms with E-state index in [0.717, 1.165) is 57.8 Å². The van der Waals surface area contributed by atoms with Crippen molar-refractivity contribution in [2.24, 2.45) is 0 Å². The van der Waals surface area contributed by atoms with Crippen molar-refractivity contribution in [3.05, 3.63) is 73.1 Å². The van der Waals surface area contributed by atoms with Gasteiger partial charge in [0.2, 0.25) is 11.4 Å². The fourth-order valence-corrected chi connectivity index (χ4v) is 3.86. The van der Waals surface area contributed by atoms with E-state index in [1.165, 1.54) is 18.4 Å². The fraction of sp³-hybridized carbons (Fsp3) is 0.600. The minimum absolute atomic E-state index is 0.576. The molecule has 0 amide bonds. The predicted molar refractivity (Wildman–Crippen MR) is 146 cm³/mol. The van der Waals surface area contributed by atoms with Crippen molar-refractivity contribution >= 4 is 0 Å². The zero-order valence-electron chi connectivity index (χ0n) is 22.3. The van der Waals surface area contributed by atoms with E-state index in [2.05, 4.69) is 20.8 Å². The maximum absolute atomic E-state index is 11.7. The van der Waals surface area contributed by atoms with Crippen molar-refractivity contribution < 1.29 is 29.9 Å². The molecule has 1 heterocycles. The lowest BCUT2D eigenvalue weighted by Gasteiger charge is -2.52. The van der Waals surface area contributed by atoms with Crippen molar-refractivity contribution in [2.75, 3.05) is 6.61 Å². The van der Waals surface area contributed by atoms with Gasteiger partial charge in [0.25, 0.3) is 0 Å². The number of allylic oxidation sites excluding steroid dienone is 9. The summed E-state index contributed by atoms with van der Waals surface area (Å²) in [7, 11) is 0. The van der Waals surface area contributed by atoms with Gasteiger partial charge in [0.05, 0.1) is 12.9 Å². The highest BCUT2D eigenvalue weighted by atomic mass is 16.7. The van der Waals surface area contributed by atoms with E-state index in [0.29, 0.717) is 0 Å². The molecule has 1 aliphatic heterocycles. The number of unbranched alkanes of at least 4 members (excludes halogenated alkanes) is 6. The molecule has 4 N–H and O–H groups in total. The van der Waals surface area contributed by atoms with Crippen LogP contribution >= 0.6 is 0 Å². The normalized spacial score (nSPS) is 29.8. The Morgan fingerprint density at radius 1 is 0.750 bits per heavy atom. The molecule has 0 aromatic heterocycles. The van der Waals surface area contributed by atoms with Crippen molar-refractivity contribution in [1.82, 2.24) is 0 Å². The van der Waals surface area contributed by atoms with Crippen LogP contribution in [0, 0.1) is 0 Å². The summed E-state index contributed by atoms with van der Waals surface area (Å²) >= 11 is 0. The van der Waals surface area contributed by atoms with Gasteiger partial charge in [-0.15, -0.1) is 0 Å². The summed E-state index contributed by atoms with van der Waals surface area (Å²) in [6.45, 7) is 5.79. The van der Waals surface area contributed by atoms with Gasteiger partial charge in [-0.25, -0.2) is 0 Å². The van der Waals surface area contributed by atoms with Crippen LogP contribution in [0.2, 0.25) is 0 Å². The maximum Gasteiger partial charge on any atom is 0.233 e. The summed E-state index contributed by atoms with van der Waals surface area (Å²) in [6, 6.07) is 0. The van der Waals surface area contributed by atoms with Gasteiger partial charge >= 0.3 is 0 Å². The number of ether oxygens (including phenoxy) is 2. The van der Waals surface area contributed by atoms with E-state index in [4.69, 9.17) is 9.47 Å². The highest BCUT2D eigenvalue weighted by Gasteiger charge is 2.63. The Hall–Kier alpha value is -1.96. The molecule has 0 radical (unpaired) electrons. The second kappa shape index (κ2) is 18.3. The molecule has 204 valence electrons. The smallest absolute Gasteiger partial charge is 0.233 e. The lowest BCUT2D eigenvalue weighted by molar-refractivity contribution is -0.354. The van der Waals surface area contributed by atoms with Gasteiger partial charge in [-0.05, 0) is 37.5 Å². The molecule has 0 aromatic rings. The Labute approximate surface area is 218 Å². The van der Waals surface area contributed by atoms with E-state index in [9.17, 15) is 20.4 Å². The highest BCUT2D eigenvalue weighted by molar-refractivity contribution is 5.28. The third-order valence-corrected chi connectivity index (χ3v) is 6.14. The molecular weight excluding hydrogens is 456 g/mol. The van der Waals surface area contributed by atoms with E-state index in [1.807, 2.05) is 30.4 Å². The SMILES string of the molecule is CCCCC=CC=CO[C@]1(C=CC=CCCCC)[C@@H](O)[C@H](O)[C@@H](CO)OC1(O)C=CC=CCCCC. The molecule has 1 unspecified atom stereocenters. The molecule has 1 fully saturated rings. The van der Waals surface area contributed by atoms with Crippen molar-refractivity contribution in [1.29, 1.82) is 0 Å². The number of aliphatic hydroxyl groups excluding tert-OH is 3. The van der Waals surface area contributed by atoms with Crippen LogP contribution in [0.25, 0.3) is 0 Å². The molecular formula is C30H48O6. The zero-order valence-corrected chi connectivity index (χ0v) is 22.3. The van der Waals surface area contributed by atoms with Crippen LogP contribution in [-0.2, 0) is 9.47 Å². The minimum Gasteiger partial charge on any atom is -0.482 e. The van der Waals surface area contributed by atoms with Gasteiger partial charge in [-0.3, -0.25) is 0 Å². The molecule has 0 aliphatic carbocycles. The van der Waals surface area contributed by atoms with Crippen LogP contribution in [0.3, 0.4) is 0 Å². The second-order valence-corrected chi connectivity index (χ2v) is 9.14. The van der Waals surface area contributed by atoms with Gasteiger partial charge in [-0.1, -0.05) is 108 Å². The molecule has 36 heavy (non-hydrogen) atoms. The van der Waals surface area contributed by atoms with Gasteiger partial charge in [0, 0.05) is 0 Å². The molecule has 1 aliphatic rings. The number of rotatable bonds is 17. The average molecular weight is 505 g/mol. The Bertz CT molecular complexity index is 753. The average Bonchev–Trinajstić information content (AvgIpc) is 2.88. The van der Waals surface area contributed by atoms with E-state index < -0.39 is 36.3 Å². The fourth-order valence-electron chi connectivity index (χ4n) is 3.86. The van der Waals surface area contributed by atoms with Crippen molar-refractivity contribution in [3.63, 3.8) is 0 Å². The van der Waals surface area contributed by atoms with Gasteiger partial charge in [0.15, 0.2) is 0 Å². The summed E-state index contributed by atoms with van der Waals surface area (Å²) < 4.78 is 11.8. The third-order valence-electron chi connectivity index (χ3n) is 6.14. The summed E-state index contributed by atoms with van der Waals surface area (Å²) in [5, 5.41) is 43.3. The van der Waals surface area contributed by atoms with Crippen LogP contribution in [0.4, 0.5) is 0 Å². The molecule has 0 aromatic carbocycles. The minimum atomic E-state index is -2.17. The van der Waals surface area contributed by atoms with Crippen LogP contribution in [0.1, 0.15) is 78.6 Å².